The molecule has 4 aromatic carbocycles. The summed E-state index contributed by atoms with van der Waals surface area (Å²) in [5.74, 6) is -1.52. The first kappa shape index (κ1) is 28.6. The first-order valence-corrected chi connectivity index (χ1v) is 14.9. The van der Waals surface area contributed by atoms with Gasteiger partial charge in [-0.2, -0.15) is 4.72 Å². The number of halogens is 2. The third kappa shape index (κ3) is 6.06. The Labute approximate surface area is 247 Å². The molecule has 1 heterocycles. The van der Waals surface area contributed by atoms with E-state index in [1.807, 2.05) is 6.07 Å². The first-order chi connectivity index (χ1) is 19.7. The fraction of sp³-hybridized carbons (Fsp3) is 0.0968. The monoisotopic (exact) mass is 605 g/mol. The molecule has 2 atom stereocenters. The molecule has 0 aliphatic rings. The number of H-pyrrole nitrogens is 1. The van der Waals surface area contributed by atoms with Crippen molar-refractivity contribution in [3.63, 3.8) is 0 Å². The molecule has 0 spiro atoms. The van der Waals surface area contributed by atoms with Gasteiger partial charge in [0.15, 0.2) is 5.78 Å². The maximum atomic E-state index is 14.2. The summed E-state index contributed by atoms with van der Waals surface area (Å²) in [4.78, 5) is 28.1. The van der Waals surface area contributed by atoms with Gasteiger partial charge in [0.1, 0.15) is 0 Å². The van der Waals surface area contributed by atoms with Crippen molar-refractivity contribution in [2.45, 2.75) is 23.8 Å². The van der Waals surface area contributed by atoms with Crippen LogP contribution in [0.1, 0.15) is 33.1 Å². The van der Waals surface area contributed by atoms with E-state index in [0.29, 0.717) is 27.0 Å². The van der Waals surface area contributed by atoms with Crippen LogP contribution in [0.5, 0.6) is 0 Å². The Kier molecular flexibility index (Phi) is 8.28. The van der Waals surface area contributed by atoms with Gasteiger partial charge in [0.2, 0.25) is 10.0 Å². The SMILES string of the molecule is Cc1[nH]n(-c2ccccc2)c(=O)c1C(c1ccc(Cl)cc1)C(NS(=O)(=O)c1ccc(Cl)cc1)C(=O)c1ccccc1. The second-order valence-electron chi connectivity index (χ2n) is 9.44. The molecule has 0 saturated carbocycles. The van der Waals surface area contributed by atoms with Gasteiger partial charge in [0.25, 0.3) is 5.56 Å². The van der Waals surface area contributed by atoms with Crippen LogP contribution in [0.3, 0.4) is 0 Å². The van der Waals surface area contributed by atoms with Gasteiger partial charge in [-0.1, -0.05) is 83.9 Å². The van der Waals surface area contributed by atoms with Crippen LogP contribution in [-0.2, 0) is 10.0 Å². The van der Waals surface area contributed by atoms with E-state index in [4.69, 9.17) is 23.2 Å². The largest absolute Gasteiger partial charge is 0.295 e. The summed E-state index contributed by atoms with van der Waals surface area (Å²) in [6.45, 7) is 1.72. The van der Waals surface area contributed by atoms with Crippen molar-refractivity contribution in [1.29, 1.82) is 0 Å². The molecule has 0 saturated heterocycles. The predicted octanol–water partition coefficient (Wildman–Crippen LogP) is 6.14. The van der Waals surface area contributed by atoms with Crippen LogP contribution in [-0.4, -0.2) is 30.0 Å². The maximum absolute atomic E-state index is 14.2. The van der Waals surface area contributed by atoms with Crippen molar-refractivity contribution >= 4 is 39.0 Å². The smallest absolute Gasteiger partial charge is 0.275 e. The summed E-state index contributed by atoms with van der Waals surface area (Å²) < 4.78 is 31.4. The van der Waals surface area contributed by atoms with Gasteiger partial charge in [-0.3, -0.25) is 14.7 Å². The third-order valence-corrected chi connectivity index (χ3v) is 8.71. The number of aromatic nitrogens is 2. The minimum atomic E-state index is -4.24. The number of rotatable bonds is 9. The fourth-order valence-corrected chi connectivity index (χ4v) is 6.24. The molecular formula is C31H25Cl2N3O4S. The topological polar surface area (TPSA) is 101 Å². The summed E-state index contributed by atoms with van der Waals surface area (Å²) >= 11 is 12.2. The van der Waals surface area contributed by atoms with Gasteiger partial charge in [0.05, 0.1) is 16.6 Å². The van der Waals surface area contributed by atoms with Crippen molar-refractivity contribution in [2.24, 2.45) is 0 Å². The van der Waals surface area contributed by atoms with Crippen LogP contribution in [0.15, 0.2) is 119 Å². The second-order valence-corrected chi connectivity index (χ2v) is 12.0. The zero-order valence-electron chi connectivity index (χ0n) is 21.8. The minimum Gasteiger partial charge on any atom is -0.295 e. The number of hydrogen-bond acceptors (Lipinski definition) is 4. The molecule has 41 heavy (non-hydrogen) atoms. The lowest BCUT2D eigenvalue weighted by atomic mass is 9.82. The van der Waals surface area contributed by atoms with E-state index in [1.165, 1.54) is 28.9 Å². The molecule has 0 radical (unpaired) electrons. The summed E-state index contributed by atoms with van der Waals surface area (Å²) in [7, 11) is -4.24. The summed E-state index contributed by atoms with van der Waals surface area (Å²) in [6.07, 6.45) is 0. The molecule has 208 valence electrons. The van der Waals surface area contributed by atoms with E-state index in [1.54, 1.807) is 85.8 Å². The van der Waals surface area contributed by atoms with Gasteiger partial charge >= 0.3 is 0 Å². The van der Waals surface area contributed by atoms with E-state index in [9.17, 15) is 18.0 Å². The Hall–Kier alpha value is -3.95. The number of Topliss-reactive ketones (excluding diaryl/α,β-unsaturated/α-hetero) is 1. The molecule has 10 heteroatoms. The molecule has 2 unspecified atom stereocenters. The molecule has 7 nitrogen and oxygen atoms in total. The van der Waals surface area contributed by atoms with Crippen molar-refractivity contribution in [3.8, 4) is 5.69 Å². The highest BCUT2D eigenvalue weighted by Gasteiger charge is 2.38. The number of ketones is 1. The molecule has 0 aliphatic heterocycles. The molecule has 5 aromatic rings. The Bertz CT molecular complexity index is 1840. The molecule has 0 fully saturated rings. The molecule has 0 bridgehead atoms. The number of carbonyl (C=O) groups is 1. The summed E-state index contributed by atoms with van der Waals surface area (Å²) in [6, 6.07) is 28.2. The zero-order chi connectivity index (χ0) is 29.1. The number of aromatic amines is 1. The Morgan fingerprint density at radius 2 is 1.34 bits per heavy atom. The zero-order valence-corrected chi connectivity index (χ0v) is 24.1. The van der Waals surface area contributed by atoms with Crippen LogP contribution < -0.4 is 10.3 Å². The average Bonchev–Trinajstić information content (AvgIpc) is 3.27. The Morgan fingerprint density at radius 1 is 0.805 bits per heavy atom. The number of aryl methyl sites for hydroxylation is 1. The summed E-state index contributed by atoms with van der Waals surface area (Å²) in [5.41, 5.74) is 1.72. The van der Waals surface area contributed by atoms with E-state index < -0.39 is 33.3 Å². The van der Waals surface area contributed by atoms with E-state index in [0.717, 1.165) is 0 Å². The predicted molar refractivity (Wildman–Crippen MR) is 161 cm³/mol. The van der Waals surface area contributed by atoms with Gasteiger partial charge in [0, 0.05) is 32.8 Å². The van der Waals surface area contributed by atoms with Crippen LogP contribution >= 0.6 is 23.2 Å². The highest BCUT2D eigenvalue weighted by molar-refractivity contribution is 7.89. The van der Waals surface area contributed by atoms with E-state index >= 15 is 0 Å². The van der Waals surface area contributed by atoms with Crippen molar-refractivity contribution in [3.05, 3.63) is 152 Å². The molecule has 5 rings (SSSR count). The number of sulfonamides is 1. The van der Waals surface area contributed by atoms with Crippen LogP contribution in [0.25, 0.3) is 5.69 Å². The first-order valence-electron chi connectivity index (χ1n) is 12.7. The number of nitrogens with zero attached hydrogens (tertiary/aromatic N) is 1. The number of nitrogens with one attached hydrogen (secondary N) is 2. The number of para-hydroxylation sites is 1. The van der Waals surface area contributed by atoms with Crippen molar-refractivity contribution in [1.82, 2.24) is 14.5 Å². The molecule has 2 N–H and O–H groups in total. The van der Waals surface area contributed by atoms with Crippen LogP contribution in [0.4, 0.5) is 0 Å². The van der Waals surface area contributed by atoms with Crippen molar-refractivity contribution < 1.29 is 13.2 Å². The second kappa shape index (κ2) is 11.9. The number of benzene rings is 4. The van der Waals surface area contributed by atoms with Gasteiger partial charge < -0.3 is 0 Å². The average molecular weight is 607 g/mol. The quantitative estimate of drug-likeness (QED) is 0.197. The molecule has 1 aromatic heterocycles. The van der Waals surface area contributed by atoms with E-state index in [2.05, 4.69) is 9.82 Å². The van der Waals surface area contributed by atoms with Gasteiger partial charge in [-0.25, -0.2) is 13.1 Å². The van der Waals surface area contributed by atoms with Gasteiger partial charge in [-0.05, 0) is 61.0 Å². The lowest BCUT2D eigenvalue weighted by Crippen LogP contribution is -2.46. The normalized spacial score (nSPS) is 13.0. The minimum absolute atomic E-state index is 0.0740. The maximum Gasteiger partial charge on any atom is 0.275 e. The van der Waals surface area contributed by atoms with Crippen LogP contribution in [0.2, 0.25) is 10.0 Å². The van der Waals surface area contributed by atoms with Gasteiger partial charge in [-0.15, -0.1) is 0 Å². The highest BCUT2D eigenvalue weighted by Crippen LogP contribution is 2.32. The highest BCUT2D eigenvalue weighted by atomic mass is 35.5. The lowest BCUT2D eigenvalue weighted by molar-refractivity contribution is 0.0945. The molecular weight excluding hydrogens is 581 g/mol. The Balaban J connectivity index is 1.73. The van der Waals surface area contributed by atoms with Crippen LogP contribution in [0, 0.1) is 6.92 Å². The third-order valence-electron chi connectivity index (χ3n) is 6.75. The number of carbonyl (C=O) groups excluding carboxylic acids is 1. The number of hydrogen-bond donors (Lipinski definition) is 2. The summed E-state index contributed by atoms with van der Waals surface area (Å²) in [5, 5.41) is 3.92. The molecule has 0 aliphatic carbocycles. The fourth-order valence-electron chi connectivity index (χ4n) is 4.78. The van der Waals surface area contributed by atoms with Crippen molar-refractivity contribution in [2.75, 3.05) is 0 Å². The standard InChI is InChI=1S/C31H25Cl2N3O4S/c1-20-27(31(38)36(34-20)25-10-6-3-7-11-25)28(21-12-14-23(32)15-13-21)29(30(37)22-8-4-2-5-9-22)35-41(39,40)26-18-16-24(33)17-19-26/h2-19,28-29,34-35H,1H3. The van der Waals surface area contributed by atoms with E-state index in [-0.39, 0.29) is 16.0 Å². The lowest BCUT2D eigenvalue weighted by Gasteiger charge is -2.27. The Morgan fingerprint density at radius 3 is 1.93 bits per heavy atom. The molecule has 0 amide bonds.